The third-order valence-corrected chi connectivity index (χ3v) is 3.84. The van der Waals surface area contributed by atoms with E-state index in [1.165, 1.54) is 12.1 Å². The van der Waals surface area contributed by atoms with Crippen molar-refractivity contribution in [2.75, 3.05) is 13.1 Å². The smallest absolute Gasteiger partial charge is 0.0597 e. The van der Waals surface area contributed by atoms with Crippen molar-refractivity contribution < 1.29 is 0 Å². The minimum atomic E-state index is 0.578. The summed E-state index contributed by atoms with van der Waals surface area (Å²) in [6.45, 7) is 13.1. The molecule has 0 saturated carbocycles. The molecule has 2 atom stereocenters. The van der Waals surface area contributed by atoms with E-state index < -0.39 is 0 Å². The van der Waals surface area contributed by atoms with Crippen LogP contribution >= 0.6 is 0 Å². The average Bonchev–Trinajstić information content (AvgIpc) is 2.60. The molecule has 102 valence electrons. The van der Waals surface area contributed by atoms with E-state index in [2.05, 4.69) is 53.8 Å². The average molecular weight is 250 g/mol. The van der Waals surface area contributed by atoms with E-state index in [-0.39, 0.29) is 0 Å². The molecule has 0 spiro atoms. The summed E-state index contributed by atoms with van der Waals surface area (Å²) >= 11 is 0. The van der Waals surface area contributed by atoms with Crippen molar-refractivity contribution in [3.63, 3.8) is 0 Å². The predicted octanol–water partition coefficient (Wildman–Crippen LogP) is 1.78. The van der Waals surface area contributed by atoms with E-state index >= 15 is 0 Å². The van der Waals surface area contributed by atoms with Crippen molar-refractivity contribution in [3.05, 3.63) is 17.5 Å². The van der Waals surface area contributed by atoms with Gasteiger partial charge in [-0.1, -0.05) is 0 Å². The summed E-state index contributed by atoms with van der Waals surface area (Å²) in [5, 5.41) is 8.10. The lowest BCUT2D eigenvalue weighted by Crippen LogP contribution is -2.38. The van der Waals surface area contributed by atoms with Crippen LogP contribution in [0, 0.1) is 6.92 Å². The monoisotopic (exact) mass is 250 g/mol. The van der Waals surface area contributed by atoms with Crippen molar-refractivity contribution in [3.8, 4) is 0 Å². The zero-order valence-electron chi connectivity index (χ0n) is 12.1. The molecule has 2 heterocycles. The molecule has 1 aromatic rings. The maximum atomic E-state index is 4.54. The summed E-state index contributed by atoms with van der Waals surface area (Å²) < 4.78 is 2.13. The molecule has 1 aliphatic heterocycles. The lowest BCUT2D eigenvalue weighted by atomic mass is 10.2. The highest BCUT2D eigenvalue weighted by Crippen LogP contribution is 2.14. The summed E-state index contributed by atoms with van der Waals surface area (Å²) in [5.41, 5.74) is 2.47. The van der Waals surface area contributed by atoms with E-state index in [4.69, 9.17) is 0 Å². The molecule has 1 fully saturated rings. The lowest BCUT2D eigenvalue weighted by Gasteiger charge is -2.28. The first-order chi connectivity index (χ1) is 8.60. The quantitative estimate of drug-likeness (QED) is 0.888. The highest BCUT2D eigenvalue weighted by Gasteiger charge is 2.21. The normalized spacial score (nSPS) is 26.2. The molecule has 0 aliphatic carbocycles. The number of aryl methyl sites for hydroxylation is 2. The molecule has 1 aliphatic rings. The number of rotatable bonds is 3. The molecule has 4 nitrogen and oxygen atoms in total. The Bertz CT molecular complexity index is 385. The topological polar surface area (TPSA) is 33.1 Å². The maximum Gasteiger partial charge on any atom is 0.0597 e. The lowest BCUT2D eigenvalue weighted by molar-refractivity contribution is 0.193. The Morgan fingerprint density at radius 2 is 2.22 bits per heavy atom. The van der Waals surface area contributed by atoms with Crippen LogP contribution in [-0.4, -0.2) is 39.9 Å². The maximum absolute atomic E-state index is 4.54. The Morgan fingerprint density at radius 1 is 1.44 bits per heavy atom. The van der Waals surface area contributed by atoms with Crippen LogP contribution in [0.1, 0.15) is 38.6 Å². The van der Waals surface area contributed by atoms with Crippen LogP contribution in [0.3, 0.4) is 0 Å². The molecule has 4 heteroatoms. The molecular weight excluding hydrogens is 224 g/mol. The number of nitrogens with zero attached hydrogens (tertiary/aromatic N) is 3. The third-order valence-electron chi connectivity index (χ3n) is 3.84. The SMILES string of the molecule is CCn1nc(C)cc1CN1CC(C)NCCC1C. The van der Waals surface area contributed by atoms with Gasteiger partial charge in [-0.2, -0.15) is 5.10 Å². The Morgan fingerprint density at radius 3 is 2.94 bits per heavy atom. The third kappa shape index (κ3) is 3.12. The molecule has 2 unspecified atom stereocenters. The molecule has 1 aromatic heterocycles. The van der Waals surface area contributed by atoms with Gasteiger partial charge in [-0.15, -0.1) is 0 Å². The second-order valence-corrected chi connectivity index (χ2v) is 5.52. The van der Waals surface area contributed by atoms with Crippen molar-refractivity contribution in [2.45, 2.75) is 59.3 Å². The number of hydrogen-bond acceptors (Lipinski definition) is 3. The molecule has 18 heavy (non-hydrogen) atoms. The molecule has 0 aromatic carbocycles. The van der Waals surface area contributed by atoms with Gasteiger partial charge in [0.2, 0.25) is 0 Å². The van der Waals surface area contributed by atoms with Crippen molar-refractivity contribution in [2.24, 2.45) is 0 Å². The van der Waals surface area contributed by atoms with E-state index in [9.17, 15) is 0 Å². The highest BCUT2D eigenvalue weighted by molar-refractivity contribution is 5.09. The van der Waals surface area contributed by atoms with Crippen molar-refractivity contribution in [1.82, 2.24) is 20.0 Å². The Labute approximate surface area is 110 Å². The summed E-state index contributed by atoms with van der Waals surface area (Å²) in [5.74, 6) is 0. The number of aromatic nitrogens is 2. The van der Waals surface area contributed by atoms with E-state index in [1.54, 1.807) is 0 Å². The standard InChI is InChI=1S/C14H26N4/c1-5-18-14(8-11(2)16-18)10-17-9-12(3)15-7-6-13(17)4/h8,12-13,15H,5-7,9-10H2,1-4H3. The van der Waals surface area contributed by atoms with Crippen LogP contribution in [0.25, 0.3) is 0 Å². The largest absolute Gasteiger partial charge is 0.313 e. The van der Waals surface area contributed by atoms with E-state index in [0.717, 1.165) is 31.9 Å². The van der Waals surface area contributed by atoms with Gasteiger partial charge in [0.05, 0.1) is 11.4 Å². The van der Waals surface area contributed by atoms with Crippen LogP contribution in [0.15, 0.2) is 6.07 Å². The molecule has 0 radical (unpaired) electrons. The Kier molecular flexibility index (Phi) is 4.40. The van der Waals surface area contributed by atoms with Gasteiger partial charge in [-0.3, -0.25) is 9.58 Å². The molecular formula is C14H26N4. The molecule has 1 saturated heterocycles. The van der Waals surface area contributed by atoms with Gasteiger partial charge in [0.25, 0.3) is 0 Å². The summed E-state index contributed by atoms with van der Waals surface area (Å²) in [4.78, 5) is 2.58. The highest BCUT2D eigenvalue weighted by atomic mass is 15.3. The van der Waals surface area contributed by atoms with Gasteiger partial charge in [0.1, 0.15) is 0 Å². The molecule has 1 N–H and O–H groups in total. The second kappa shape index (κ2) is 5.85. The van der Waals surface area contributed by atoms with Gasteiger partial charge < -0.3 is 5.32 Å². The minimum Gasteiger partial charge on any atom is -0.313 e. The summed E-state index contributed by atoms with van der Waals surface area (Å²) in [6.07, 6.45) is 1.23. The summed E-state index contributed by atoms with van der Waals surface area (Å²) in [7, 11) is 0. The Hall–Kier alpha value is -0.870. The fourth-order valence-electron chi connectivity index (χ4n) is 2.75. The van der Waals surface area contributed by atoms with Gasteiger partial charge in [0, 0.05) is 31.7 Å². The fraction of sp³-hybridized carbons (Fsp3) is 0.786. The number of hydrogen-bond donors (Lipinski definition) is 1. The number of nitrogens with one attached hydrogen (secondary N) is 1. The van der Waals surface area contributed by atoms with Gasteiger partial charge in [0.15, 0.2) is 0 Å². The minimum absolute atomic E-state index is 0.578. The zero-order valence-corrected chi connectivity index (χ0v) is 12.1. The predicted molar refractivity (Wildman–Crippen MR) is 74.6 cm³/mol. The van der Waals surface area contributed by atoms with Gasteiger partial charge in [-0.25, -0.2) is 0 Å². The fourth-order valence-corrected chi connectivity index (χ4v) is 2.75. The first kappa shape index (κ1) is 13.6. The van der Waals surface area contributed by atoms with E-state index in [1.807, 2.05) is 0 Å². The second-order valence-electron chi connectivity index (χ2n) is 5.52. The van der Waals surface area contributed by atoms with E-state index in [0.29, 0.717) is 12.1 Å². The first-order valence-corrected chi connectivity index (χ1v) is 7.11. The molecule has 0 bridgehead atoms. The van der Waals surface area contributed by atoms with Crippen LogP contribution in [0.4, 0.5) is 0 Å². The molecule has 2 rings (SSSR count). The van der Waals surface area contributed by atoms with Crippen LogP contribution in [0.5, 0.6) is 0 Å². The zero-order chi connectivity index (χ0) is 13.1. The summed E-state index contributed by atoms with van der Waals surface area (Å²) in [6, 6.07) is 3.44. The van der Waals surface area contributed by atoms with Crippen LogP contribution in [-0.2, 0) is 13.1 Å². The van der Waals surface area contributed by atoms with Crippen LogP contribution < -0.4 is 5.32 Å². The van der Waals surface area contributed by atoms with Gasteiger partial charge >= 0.3 is 0 Å². The van der Waals surface area contributed by atoms with Crippen LogP contribution in [0.2, 0.25) is 0 Å². The first-order valence-electron chi connectivity index (χ1n) is 7.11. The Balaban J connectivity index is 2.10. The van der Waals surface area contributed by atoms with Crippen molar-refractivity contribution >= 4 is 0 Å². The van der Waals surface area contributed by atoms with Gasteiger partial charge in [-0.05, 0) is 46.7 Å². The molecule has 0 amide bonds. The van der Waals surface area contributed by atoms with Crippen molar-refractivity contribution in [1.29, 1.82) is 0 Å².